The van der Waals surface area contributed by atoms with Gasteiger partial charge in [-0.3, -0.25) is 14.4 Å². The highest BCUT2D eigenvalue weighted by Gasteiger charge is 2.28. The van der Waals surface area contributed by atoms with Gasteiger partial charge in [-0.2, -0.15) is 0 Å². The number of nitrogens with zero attached hydrogens (tertiary/aromatic N) is 2. The first-order valence-electron chi connectivity index (χ1n) is 21.6. The summed E-state index contributed by atoms with van der Waals surface area (Å²) in [6.45, 7) is 7.79. The van der Waals surface area contributed by atoms with E-state index in [-0.39, 0.29) is 78.9 Å². The smallest absolute Gasteiger partial charge is 0.416 e. The van der Waals surface area contributed by atoms with Crippen LogP contribution in [0.15, 0.2) is 12.2 Å². The third kappa shape index (κ3) is 36.6. The van der Waals surface area contributed by atoms with Crippen molar-refractivity contribution in [1.82, 2.24) is 10.6 Å². The van der Waals surface area contributed by atoms with E-state index >= 15 is 0 Å². The highest BCUT2D eigenvalue weighted by molar-refractivity contribution is 5.75. The molecule has 0 aromatic heterocycles. The maximum Gasteiger partial charge on any atom is 0.416 e. The van der Waals surface area contributed by atoms with Crippen molar-refractivity contribution in [2.24, 2.45) is 0 Å². The molecule has 0 fully saturated rings. The van der Waals surface area contributed by atoms with Gasteiger partial charge in [-0.15, -0.1) is 0 Å². The topological polar surface area (TPSA) is 157 Å². The molecule has 0 saturated carbocycles. The molecular weight excluding hydrogens is 787 g/mol. The summed E-state index contributed by atoms with van der Waals surface area (Å²) in [5.41, 5.74) is 0. The Morgan fingerprint density at radius 3 is 1.74 bits per heavy atom. The number of esters is 3. The number of halogens is 2. The van der Waals surface area contributed by atoms with Gasteiger partial charge in [0.25, 0.3) is 0 Å². The number of aliphatic hydroxyl groups excluding tert-OH is 1. The molecule has 0 aromatic carbocycles. The lowest BCUT2D eigenvalue weighted by Gasteiger charge is -2.30. The molecule has 0 rings (SSSR count). The van der Waals surface area contributed by atoms with E-state index in [4.69, 9.17) is 14.2 Å². The molecule has 3 amide bonds. The van der Waals surface area contributed by atoms with Crippen molar-refractivity contribution in [2.75, 3.05) is 74.1 Å². The second-order valence-corrected chi connectivity index (χ2v) is 16.4. The van der Waals surface area contributed by atoms with Gasteiger partial charge in [-0.1, -0.05) is 89.7 Å². The Morgan fingerprint density at radius 2 is 1.17 bits per heavy atom. The van der Waals surface area contributed by atoms with Gasteiger partial charge in [0.05, 0.1) is 34.3 Å². The molecule has 0 aliphatic rings. The summed E-state index contributed by atoms with van der Waals surface area (Å²) in [6, 6.07) is -0.0609. The maximum atomic E-state index is 12.7. The molecule has 0 aliphatic carbocycles. The zero-order chi connectivity index (χ0) is 42.1. The largest absolute Gasteiger partial charge is 1.00 e. The highest BCUT2D eigenvalue weighted by atomic mass is 35.5. The molecule has 0 aliphatic heterocycles. The molecule has 0 heterocycles. The number of unbranched alkanes of at least 4 members (excludes halogenated alkanes) is 14. The second kappa shape index (κ2) is 37.5. The first-order valence-corrected chi connectivity index (χ1v) is 21.6. The zero-order valence-corrected chi connectivity index (χ0v) is 38.8. The molecule has 0 radical (unpaired) electrons. The minimum atomic E-state index is -0.753. The number of quaternary nitrogens is 2. The minimum Gasteiger partial charge on any atom is -1.00 e. The Balaban J connectivity index is -0.0000151. The lowest BCUT2D eigenvalue weighted by Crippen LogP contribution is -3.00. The molecule has 15 heteroatoms. The molecule has 0 spiro atoms. The third-order valence-corrected chi connectivity index (χ3v) is 9.89. The lowest BCUT2D eigenvalue weighted by atomic mass is 10.0. The van der Waals surface area contributed by atoms with Gasteiger partial charge in [-0.25, -0.2) is 14.1 Å². The summed E-state index contributed by atoms with van der Waals surface area (Å²) < 4.78 is 16.2. The van der Waals surface area contributed by atoms with E-state index < -0.39 is 12.2 Å². The minimum absolute atomic E-state index is 0. The fourth-order valence-corrected chi connectivity index (χ4v) is 6.14. The van der Waals surface area contributed by atoms with Crippen molar-refractivity contribution in [3.63, 3.8) is 0 Å². The number of hydrogen-bond acceptors (Lipinski definition) is 9. The van der Waals surface area contributed by atoms with Crippen LogP contribution in [0.3, 0.4) is 0 Å². The van der Waals surface area contributed by atoms with Crippen LogP contribution < -0.4 is 35.4 Å². The molecular formula is C43H82Cl2N4O9. The number of allylic oxidation sites excluding steroid dienone is 1. The van der Waals surface area contributed by atoms with Crippen molar-refractivity contribution in [1.29, 1.82) is 0 Å². The van der Waals surface area contributed by atoms with Crippen LogP contribution in [0.2, 0.25) is 0 Å². The van der Waals surface area contributed by atoms with E-state index in [2.05, 4.69) is 23.6 Å². The van der Waals surface area contributed by atoms with Crippen LogP contribution in [-0.4, -0.2) is 130 Å². The molecule has 342 valence electrons. The molecule has 3 N–H and O–H groups in total. The third-order valence-electron chi connectivity index (χ3n) is 9.89. The number of carbonyl (C=O) groups excluding carboxylic acids is 5. The summed E-state index contributed by atoms with van der Waals surface area (Å²) in [5.74, 6) is -0.890. The first kappa shape index (κ1) is 59.9. The summed E-state index contributed by atoms with van der Waals surface area (Å²) in [5, 5.41) is 16.9. The molecule has 0 aromatic rings. The summed E-state index contributed by atoms with van der Waals surface area (Å²) >= 11 is 0. The van der Waals surface area contributed by atoms with Gasteiger partial charge in [0, 0.05) is 33.4 Å². The van der Waals surface area contributed by atoms with E-state index in [1.807, 2.05) is 34.3 Å². The first-order chi connectivity index (χ1) is 26.6. The van der Waals surface area contributed by atoms with Gasteiger partial charge < -0.3 is 59.2 Å². The summed E-state index contributed by atoms with van der Waals surface area (Å²) in [6.07, 6.45) is 22.4. The number of hydrogen-bond donors (Lipinski definition) is 3. The number of rotatable bonds is 35. The van der Waals surface area contributed by atoms with E-state index in [0.29, 0.717) is 43.4 Å². The predicted molar refractivity (Wildman–Crippen MR) is 222 cm³/mol. The molecule has 2 atom stereocenters. The van der Waals surface area contributed by atoms with Crippen LogP contribution in [0, 0.1) is 0 Å². The van der Waals surface area contributed by atoms with E-state index in [1.54, 1.807) is 0 Å². The van der Waals surface area contributed by atoms with E-state index in [1.165, 1.54) is 33.1 Å². The van der Waals surface area contributed by atoms with Crippen LogP contribution in [-0.2, 0) is 33.4 Å². The van der Waals surface area contributed by atoms with E-state index in [0.717, 1.165) is 96.4 Å². The average Bonchev–Trinajstić information content (AvgIpc) is 3.11. The number of ether oxygens (including phenoxy) is 3. The number of amides is 3. The number of aliphatic hydroxyl groups is 1. The van der Waals surface area contributed by atoms with Crippen LogP contribution in [0.1, 0.15) is 149 Å². The molecule has 13 nitrogen and oxygen atoms in total. The summed E-state index contributed by atoms with van der Waals surface area (Å²) in [4.78, 5) is 59.3. The van der Waals surface area contributed by atoms with Gasteiger partial charge in [0.1, 0.15) is 32.4 Å². The fraction of sp³-hybridized carbons (Fsp3) is 0.837. The highest BCUT2D eigenvalue weighted by Crippen LogP contribution is 2.16. The van der Waals surface area contributed by atoms with Crippen LogP contribution in [0.5, 0.6) is 0 Å². The quantitative estimate of drug-likeness (QED) is 0.0275. The van der Waals surface area contributed by atoms with Crippen molar-refractivity contribution >= 4 is 29.8 Å². The van der Waals surface area contributed by atoms with Crippen molar-refractivity contribution in [3.05, 3.63) is 12.2 Å². The van der Waals surface area contributed by atoms with Crippen molar-refractivity contribution in [3.8, 4) is 0 Å². The standard InChI is InChI=1S/C43H80N4O9.2ClH/c1-8-9-22-28-40(56-42(52)36-46(4,5)32-34-54-37(2)48)39(50)27-23-18-14-10-11-15-19-24-29-41(51)44-30-25-20-16-12-13-17-21-26-31-45-43(53)47(6,7)33-35-55-38(3)49;;/h18,23,39-40,50H,8-17,19-22,24-36H2,1-7H3;2*1H/b23-18-;;. The Bertz CT molecular complexity index is 1130. The van der Waals surface area contributed by atoms with Crippen molar-refractivity contribution < 1.29 is 77.1 Å². The summed E-state index contributed by atoms with van der Waals surface area (Å²) in [7, 11) is 7.39. The molecule has 0 saturated heterocycles. The van der Waals surface area contributed by atoms with E-state index in [9.17, 15) is 29.1 Å². The van der Waals surface area contributed by atoms with Crippen molar-refractivity contribution in [2.45, 2.75) is 161 Å². The average molecular weight is 870 g/mol. The molecule has 58 heavy (non-hydrogen) atoms. The van der Waals surface area contributed by atoms with Gasteiger partial charge >= 0.3 is 23.9 Å². The lowest BCUT2D eigenvalue weighted by molar-refractivity contribution is -0.883. The SMILES string of the molecule is CCCCCC(OC(=O)C[N+](C)(C)CCOC(C)=O)C(O)C/C=C\CCCCCCCC(=O)NCCCCCCCCCCNC(=O)[N+](C)(C)CCOC(C)=O.[Cl-].[Cl-]. The van der Waals surface area contributed by atoms with Gasteiger partial charge in [0.2, 0.25) is 5.91 Å². The Kier molecular flexibility index (Phi) is 38.7. The Labute approximate surface area is 364 Å². The number of nitrogens with one attached hydrogen (secondary N) is 2. The number of carbonyl (C=O) groups is 5. The van der Waals surface area contributed by atoms with Crippen LogP contribution in [0.25, 0.3) is 0 Å². The van der Waals surface area contributed by atoms with Crippen LogP contribution >= 0.6 is 0 Å². The molecule has 0 bridgehead atoms. The van der Waals surface area contributed by atoms with Gasteiger partial charge in [-0.05, 0) is 51.4 Å². The number of urea groups is 1. The Morgan fingerprint density at radius 1 is 0.655 bits per heavy atom. The maximum absolute atomic E-state index is 12.7. The normalized spacial score (nSPS) is 12.5. The zero-order valence-electron chi connectivity index (χ0n) is 37.3. The number of likely N-dealkylation sites (N-methyl/N-ethyl adjacent to an activating group) is 2. The fourth-order valence-electron chi connectivity index (χ4n) is 6.14. The van der Waals surface area contributed by atoms with Crippen LogP contribution in [0.4, 0.5) is 4.79 Å². The monoisotopic (exact) mass is 869 g/mol. The second-order valence-electron chi connectivity index (χ2n) is 16.4. The van der Waals surface area contributed by atoms with Gasteiger partial charge in [0.15, 0.2) is 6.54 Å². The predicted octanol–water partition coefficient (Wildman–Crippen LogP) is 0.750. The Hall–Kier alpha value is -2.45. The molecule has 2 unspecified atom stereocenters.